The summed E-state index contributed by atoms with van der Waals surface area (Å²) in [4.78, 5) is 65.0. The molecular formula is C4H16O12P4. The fourth-order valence-electron chi connectivity index (χ4n) is 0.723. The van der Waals surface area contributed by atoms with Crippen molar-refractivity contribution in [2.75, 3.05) is 18.2 Å². The van der Waals surface area contributed by atoms with Crippen LogP contribution in [-0.4, -0.2) is 57.4 Å². The molecule has 0 saturated heterocycles. The van der Waals surface area contributed by atoms with Crippen molar-refractivity contribution < 1.29 is 57.4 Å². The van der Waals surface area contributed by atoms with E-state index in [0.29, 0.717) is 0 Å². The Hall–Kier alpha value is 0.600. The first-order valence-electron chi connectivity index (χ1n) is 4.60. The zero-order valence-corrected chi connectivity index (χ0v) is 13.4. The predicted octanol–water partition coefficient (Wildman–Crippen LogP) is -0.969. The maximum absolute atomic E-state index is 10.2. The van der Waals surface area contributed by atoms with Gasteiger partial charge in [-0.3, -0.25) is 18.3 Å². The minimum Gasteiger partial charge on any atom is -0.324 e. The highest BCUT2D eigenvalue weighted by molar-refractivity contribution is 7.69. The molecule has 0 aliphatic carbocycles. The molecule has 0 aromatic rings. The van der Waals surface area contributed by atoms with Crippen molar-refractivity contribution >= 4 is 30.4 Å². The smallest absolute Gasteiger partial charge is 0.324 e. The Labute approximate surface area is 113 Å². The van der Waals surface area contributed by atoms with E-state index < -0.39 is 48.6 Å². The molecule has 0 unspecified atom stereocenters. The molecule has 16 heteroatoms. The van der Waals surface area contributed by atoms with Gasteiger partial charge in [0.05, 0.1) is 12.3 Å². The first kappa shape index (κ1) is 22.9. The van der Waals surface area contributed by atoms with Gasteiger partial charge in [-0.05, 0) is 6.42 Å². The van der Waals surface area contributed by atoms with Gasteiger partial charge in [0.25, 0.3) is 0 Å². The van der Waals surface area contributed by atoms with Crippen LogP contribution in [-0.2, 0) is 18.3 Å². The Morgan fingerprint density at radius 3 is 0.850 bits per heavy atom. The Balaban J connectivity index is 0. The summed E-state index contributed by atoms with van der Waals surface area (Å²) in [6.07, 6.45) is -1.11. The van der Waals surface area contributed by atoms with Crippen LogP contribution < -0.4 is 0 Å². The van der Waals surface area contributed by atoms with Gasteiger partial charge in [-0.1, -0.05) is 0 Å². The average Bonchev–Trinajstić information content (AvgIpc) is 1.90. The lowest BCUT2D eigenvalue weighted by molar-refractivity contribution is 0.355. The Morgan fingerprint density at radius 1 is 0.500 bits per heavy atom. The topological polar surface area (TPSA) is 230 Å². The second kappa shape index (κ2) is 8.29. The molecule has 124 valence electrons. The summed E-state index contributed by atoms with van der Waals surface area (Å²) in [6.45, 7) is 0. The lowest BCUT2D eigenvalue weighted by atomic mass is 10.6. The normalized spacial score (nSPS) is 13.6. The molecule has 0 spiro atoms. The van der Waals surface area contributed by atoms with Crippen LogP contribution in [0.5, 0.6) is 0 Å². The molecule has 0 fully saturated rings. The largest absolute Gasteiger partial charge is 0.337 e. The van der Waals surface area contributed by atoms with Crippen LogP contribution in [0.4, 0.5) is 0 Å². The molecule has 0 aromatic heterocycles. The van der Waals surface area contributed by atoms with Crippen molar-refractivity contribution in [3.63, 3.8) is 0 Å². The summed E-state index contributed by atoms with van der Waals surface area (Å²) in [5.74, 6) is -1.38. The third-order valence-corrected chi connectivity index (χ3v) is 6.01. The van der Waals surface area contributed by atoms with E-state index in [1.807, 2.05) is 0 Å². The van der Waals surface area contributed by atoms with Crippen molar-refractivity contribution in [1.29, 1.82) is 0 Å². The van der Waals surface area contributed by atoms with Crippen LogP contribution in [0.2, 0.25) is 0 Å². The molecule has 0 aliphatic rings. The quantitative estimate of drug-likeness (QED) is 0.260. The fourth-order valence-corrected chi connectivity index (χ4v) is 4.03. The minimum atomic E-state index is -4.55. The molecule has 0 amide bonds. The Kier molecular flexibility index (Phi) is 9.48. The summed E-state index contributed by atoms with van der Waals surface area (Å²) in [5.41, 5.74) is 0. The van der Waals surface area contributed by atoms with Gasteiger partial charge >= 0.3 is 30.4 Å². The van der Waals surface area contributed by atoms with Crippen molar-refractivity contribution in [1.82, 2.24) is 0 Å². The average molecular weight is 380 g/mol. The minimum absolute atomic E-state index is 0.158. The van der Waals surface area contributed by atoms with E-state index >= 15 is 0 Å². The number of hydrogen-bond acceptors (Lipinski definition) is 4. The highest BCUT2D eigenvalue weighted by Crippen LogP contribution is 2.51. The van der Waals surface area contributed by atoms with Crippen LogP contribution in [0, 0.1) is 0 Å². The van der Waals surface area contributed by atoms with Crippen LogP contribution in [0.15, 0.2) is 0 Å². The Bertz CT molecular complexity index is 418. The molecule has 12 nitrogen and oxygen atoms in total. The lowest BCUT2D eigenvalue weighted by Gasteiger charge is -2.04. The maximum atomic E-state index is 10.2. The van der Waals surface area contributed by atoms with E-state index in [4.69, 9.17) is 39.1 Å². The van der Waals surface area contributed by atoms with E-state index in [0.717, 1.165) is 0 Å². The summed E-state index contributed by atoms with van der Waals surface area (Å²) in [6, 6.07) is 0. The van der Waals surface area contributed by atoms with Crippen molar-refractivity contribution in [3.05, 3.63) is 0 Å². The standard InChI is InChI=1S/C3H10O6P2.CH6O6P2/c4-10(5,6)2-1-3-11(7,8)9;2-8(3,4)1-9(5,6)7/h1-3H2,(H2,4,5,6)(H2,7,8,9);1H2,(H2,2,3,4)(H2,5,6,7). The third-order valence-electron chi connectivity index (χ3n) is 1.27. The van der Waals surface area contributed by atoms with E-state index in [1.165, 1.54) is 0 Å². The molecule has 0 bridgehead atoms. The molecule has 0 saturated carbocycles. The maximum Gasteiger partial charge on any atom is 0.337 e. The summed E-state index contributed by atoms with van der Waals surface area (Å²) >= 11 is 0. The molecule has 20 heavy (non-hydrogen) atoms. The molecule has 0 heterocycles. The highest BCUT2D eigenvalue weighted by atomic mass is 31.2. The summed E-state index contributed by atoms with van der Waals surface area (Å²) < 4.78 is 40.0. The SMILES string of the molecule is O=P(O)(O)CCCP(=O)(O)O.O=P(O)(O)CP(=O)(O)O. The van der Waals surface area contributed by atoms with E-state index in [-0.39, 0.29) is 6.42 Å². The molecule has 0 radical (unpaired) electrons. The zero-order valence-electron chi connectivity index (χ0n) is 9.83. The van der Waals surface area contributed by atoms with Gasteiger partial charge in [0.2, 0.25) is 0 Å². The number of hydrogen-bond donors (Lipinski definition) is 8. The first-order valence-corrected chi connectivity index (χ1v) is 11.8. The predicted molar refractivity (Wildman–Crippen MR) is 67.4 cm³/mol. The van der Waals surface area contributed by atoms with Crippen LogP contribution in [0.1, 0.15) is 6.42 Å². The van der Waals surface area contributed by atoms with Crippen molar-refractivity contribution in [2.45, 2.75) is 6.42 Å². The van der Waals surface area contributed by atoms with Crippen molar-refractivity contribution in [3.8, 4) is 0 Å². The summed E-state index contributed by atoms with van der Waals surface area (Å²) in [5, 5.41) is 0. The van der Waals surface area contributed by atoms with Gasteiger partial charge in [-0.2, -0.15) is 0 Å². The number of rotatable bonds is 6. The molecule has 8 N–H and O–H groups in total. The van der Waals surface area contributed by atoms with E-state index in [1.54, 1.807) is 0 Å². The molecule has 0 rings (SSSR count). The first-order chi connectivity index (χ1) is 8.41. The van der Waals surface area contributed by atoms with Crippen molar-refractivity contribution in [2.24, 2.45) is 0 Å². The summed E-state index contributed by atoms with van der Waals surface area (Å²) in [7, 11) is -17.3. The zero-order chi connectivity index (χ0) is 16.8. The van der Waals surface area contributed by atoms with Gasteiger partial charge in [0, 0.05) is 0 Å². The van der Waals surface area contributed by atoms with Gasteiger partial charge in [-0.15, -0.1) is 0 Å². The van der Waals surface area contributed by atoms with Gasteiger partial charge < -0.3 is 39.1 Å². The van der Waals surface area contributed by atoms with E-state index in [9.17, 15) is 18.3 Å². The van der Waals surface area contributed by atoms with Gasteiger partial charge in [0.15, 0.2) is 5.90 Å². The van der Waals surface area contributed by atoms with E-state index in [2.05, 4.69) is 0 Å². The third kappa shape index (κ3) is 27.0. The second-order valence-corrected chi connectivity index (χ2v) is 10.9. The lowest BCUT2D eigenvalue weighted by Crippen LogP contribution is -1.93. The van der Waals surface area contributed by atoms with Crippen LogP contribution >= 0.6 is 30.4 Å². The molecule has 0 atom stereocenters. The van der Waals surface area contributed by atoms with Gasteiger partial charge in [0.1, 0.15) is 0 Å². The monoisotopic (exact) mass is 380 g/mol. The molecular weight excluding hydrogens is 364 g/mol. The Morgan fingerprint density at radius 2 is 0.750 bits per heavy atom. The molecule has 0 aliphatic heterocycles. The van der Waals surface area contributed by atoms with Gasteiger partial charge in [-0.25, -0.2) is 0 Å². The molecule has 0 aromatic carbocycles. The van der Waals surface area contributed by atoms with Crippen LogP contribution in [0.3, 0.4) is 0 Å². The fraction of sp³-hybridized carbons (Fsp3) is 1.00. The van der Waals surface area contributed by atoms with Crippen LogP contribution in [0.25, 0.3) is 0 Å². The second-order valence-electron chi connectivity index (χ2n) is 3.60. The highest BCUT2D eigenvalue weighted by Gasteiger charge is 2.26.